The Morgan fingerprint density at radius 1 is 0.284 bits per heavy atom. The van der Waals surface area contributed by atoms with Crippen LogP contribution in [0.15, 0.2) is 297 Å². The second-order valence-corrected chi connectivity index (χ2v) is 32.4. The maximum Gasteiger partial charge on any atom is 0.0948 e. The lowest BCUT2D eigenvalue weighted by Gasteiger charge is -2.49. The maximum atomic E-state index is 9.92. The van der Waals surface area contributed by atoms with Crippen LogP contribution in [0.2, 0.25) is 0 Å². The van der Waals surface area contributed by atoms with Crippen LogP contribution in [0.25, 0.3) is 123 Å². The number of para-hydroxylation sites is 2. The molecule has 0 unspecified atom stereocenters. The first-order chi connectivity index (χ1) is 52.8. The summed E-state index contributed by atoms with van der Waals surface area (Å²) in [5.74, 6) is 0. The molecule has 0 aliphatic carbocycles. The van der Waals surface area contributed by atoms with Crippen LogP contribution in [0.5, 0.6) is 0 Å². The van der Waals surface area contributed by atoms with Crippen molar-refractivity contribution in [2.75, 3.05) is 14.7 Å². The molecule has 17 aromatic rings. The summed E-state index contributed by atoms with van der Waals surface area (Å²) in [6, 6.07) is 87.1. The van der Waals surface area contributed by atoms with Gasteiger partial charge in [-0.2, -0.15) is 0 Å². The number of nitrogens with zero attached hydrogens (tertiary/aromatic N) is 4. The number of rotatable bonds is 8. The van der Waals surface area contributed by atoms with Crippen LogP contribution < -0.4 is 14.7 Å². The van der Waals surface area contributed by atoms with Crippen LogP contribution in [-0.4, -0.2) is 4.57 Å². The third kappa shape index (κ3) is 9.74. The van der Waals surface area contributed by atoms with E-state index in [0.717, 1.165) is 132 Å². The Balaban J connectivity index is 1.04. The minimum absolute atomic E-state index is 0.00614. The summed E-state index contributed by atoms with van der Waals surface area (Å²) >= 11 is 3.60. The van der Waals surface area contributed by atoms with Crippen LogP contribution in [0, 0.1) is 0 Å². The third-order valence-electron chi connectivity index (χ3n) is 20.9. The number of aromatic nitrogens is 1. The summed E-state index contributed by atoms with van der Waals surface area (Å²) in [5, 5.41) is 4.62. The number of anilines is 9. The van der Waals surface area contributed by atoms with E-state index in [1.165, 1.54) is 26.6 Å². The van der Waals surface area contributed by atoms with Crippen LogP contribution >= 0.6 is 22.7 Å². The Labute approximate surface area is 616 Å². The van der Waals surface area contributed by atoms with Crippen molar-refractivity contribution in [2.45, 2.75) is 78.6 Å². The molecule has 3 aromatic heterocycles. The van der Waals surface area contributed by atoms with Gasteiger partial charge < -0.3 is 19.3 Å². The zero-order valence-corrected chi connectivity index (χ0v) is 59.9. The van der Waals surface area contributed by atoms with Gasteiger partial charge in [0.15, 0.2) is 0 Å². The summed E-state index contributed by atoms with van der Waals surface area (Å²) in [5.41, 5.74) is 21.3. The van der Waals surface area contributed by atoms with E-state index in [1.54, 1.807) is 15.9 Å². The van der Waals surface area contributed by atoms with Gasteiger partial charge in [0, 0.05) is 79.1 Å². The first-order valence-electron chi connectivity index (χ1n) is 39.1. The van der Waals surface area contributed by atoms with E-state index < -0.39 is 41.7 Å². The number of fused-ring (bicyclic) bond motifs is 13. The van der Waals surface area contributed by atoms with Crippen LogP contribution in [-0.2, 0) is 16.2 Å². The van der Waals surface area contributed by atoms with Crippen molar-refractivity contribution in [3.63, 3.8) is 0 Å². The lowest BCUT2D eigenvalue weighted by atomic mass is 9.79. The summed E-state index contributed by atoms with van der Waals surface area (Å²) in [4.78, 5) is 7.53. The number of benzene rings is 14. The van der Waals surface area contributed by atoms with Gasteiger partial charge in [-0.25, -0.2) is 0 Å². The van der Waals surface area contributed by atoms with Crippen molar-refractivity contribution in [1.82, 2.24) is 4.57 Å². The molecule has 0 amide bonds. The van der Waals surface area contributed by atoms with E-state index in [2.05, 4.69) is 320 Å². The quantitative estimate of drug-likeness (QED) is 0.151. The van der Waals surface area contributed by atoms with Gasteiger partial charge in [-0.15, -0.1) is 22.7 Å². The Bertz CT molecular complexity index is 6650. The second-order valence-electron chi connectivity index (χ2n) is 30.3. The maximum absolute atomic E-state index is 9.92. The highest BCUT2D eigenvalue weighted by atomic mass is 32.1. The van der Waals surface area contributed by atoms with E-state index in [0.29, 0.717) is 11.4 Å². The molecule has 2 aliphatic rings. The Hall–Kier alpha value is -11.3. The van der Waals surface area contributed by atoms with Crippen molar-refractivity contribution < 1.29 is 11.0 Å². The molecule has 0 N–H and O–H groups in total. The fourth-order valence-electron chi connectivity index (χ4n) is 15.7. The minimum atomic E-state index is -0.502. The molecule has 492 valence electrons. The van der Waals surface area contributed by atoms with E-state index in [1.807, 2.05) is 17.4 Å². The normalized spacial score (nSPS) is 14.2. The summed E-state index contributed by atoms with van der Waals surface area (Å²) in [7, 11) is 0. The van der Waals surface area contributed by atoms with Gasteiger partial charge in [-0.1, -0.05) is 281 Å². The van der Waals surface area contributed by atoms with Crippen molar-refractivity contribution >= 4 is 136 Å². The Morgan fingerprint density at radius 2 is 0.676 bits per heavy atom. The molecular weight excluding hydrogens is 1270 g/mol. The third-order valence-corrected chi connectivity index (χ3v) is 23.3. The average molecular weight is 1360 g/mol. The van der Waals surface area contributed by atoms with E-state index in [4.69, 9.17) is 2.74 Å². The molecule has 14 aromatic carbocycles. The highest BCUT2D eigenvalue weighted by Crippen LogP contribution is 2.68. The molecule has 102 heavy (non-hydrogen) atoms. The van der Waals surface area contributed by atoms with Gasteiger partial charge >= 0.3 is 0 Å². The molecule has 0 saturated heterocycles. The molecule has 2 aliphatic heterocycles. The van der Waals surface area contributed by atoms with E-state index in [9.17, 15) is 8.22 Å². The first kappa shape index (κ1) is 53.6. The molecular formula is C96H76N4S2. The van der Waals surface area contributed by atoms with Crippen molar-refractivity contribution in [3.05, 3.63) is 314 Å². The molecule has 0 atom stereocenters. The van der Waals surface area contributed by atoms with Gasteiger partial charge in [0.05, 0.1) is 73.2 Å². The topological polar surface area (TPSA) is 14.7 Å². The lowest BCUT2D eigenvalue weighted by Crippen LogP contribution is -2.32. The Kier molecular flexibility index (Phi) is 12.2. The second kappa shape index (κ2) is 23.1. The van der Waals surface area contributed by atoms with Gasteiger partial charge in [-0.3, -0.25) is 0 Å². The number of thiophene rings is 2. The van der Waals surface area contributed by atoms with Gasteiger partial charge in [0.25, 0.3) is 0 Å². The first-order valence-corrected chi connectivity index (χ1v) is 36.7. The molecule has 0 radical (unpaired) electrons. The fraction of sp³-hybridized carbons (Fsp3) is 0.125. The predicted octanol–water partition coefficient (Wildman–Crippen LogP) is 28.8. The van der Waals surface area contributed by atoms with Gasteiger partial charge in [0.1, 0.15) is 0 Å². The smallest absolute Gasteiger partial charge is 0.0948 e. The molecule has 6 heteroatoms. The fourth-order valence-corrected chi connectivity index (χ4v) is 18.2. The zero-order chi connectivity index (χ0) is 76.0. The number of hydrogen-bond donors (Lipinski definition) is 0. The van der Waals surface area contributed by atoms with Crippen LogP contribution in [0.4, 0.5) is 51.2 Å². The molecule has 4 nitrogen and oxygen atoms in total. The van der Waals surface area contributed by atoms with E-state index in [-0.39, 0.29) is 44.7 Å². The monoisotopic (exact) mass is 1360 g/mol. The molecule has 0 saturated carbocycles. The van der Waals surface area contributed by atoms with Crippen LogP contribution in [0.3, 0.4) is 0 Å². The van der Waals surface area contributed by atoms with Gasteiger partial charge in [-0.05, 0) is 145 Å². The molecule has 0 bridgehead atoms. The van der Waals surface area contributed by atoms with Crippen molar-refractivity contribution in [3.8, 4) is 61.3 Å². The van der Waals surface area contributed by atoms with Gasteiger partial charge in [0.2, 0.25) is 0 Å². The SMILES string of the molecule is [2H]c1c([2H])c([2H])c2c(c1[2H])c1c([2H])c([2H])c([2H])c([2H])c1n2-c1ccc2c(c1)N(c1c(-c3ccccc3)cc3c(sc4ccccc43)c1-c1ccccc1)c1cc(C(C)(C)C)cc3c1N2c1cc(-c2cc(C(C)(C)C)cc(C(C)(C)C)c2)ccc1N3c1c(-c2ccccc2)cc2c(sc3ccccc32)c1-c1ccccc1. The average Bonchev–Trinajstić information content (AvgIpc) is 0.951. The molecule has 0 fully saturated rings. The minimum Gasteiger partial charge on any atom is -0.309 e. The van der Waals surface area contributed by atoms with Crippen molar-refractivity contribution in [2.24, 2.45) is 0 Å². The Morgan fingerprint density at radius 3 is 1.15 bits per heavy atom. The zero-order valence-electron chi connectivity index (χ0n) is 66.3. The highest BCUT2D eigenvalue weighted by Gasteiger charge is 2.44. The summed E-state index contributed by atoms with van der Waals surface area (Å²) in [6.45, 7) is 20.6. The van der Waals surface area contributed by atoms with E-state index >= 15 is 0 Å². The predicted molar refractivity (Wildman–Crippen MR) is 441 cm³/mol. The summed E-state index contributed by atoms with van der Waals surface area (Å²) < 4.78 is 82.3. The highest BCUT2D eigenvalue weighted by molar-refractivity contribution is 7.27. The van der Waals surface area contributed by atoms with Crippen LogP contribution in [0.1, 0.15) is 90.0 Å². The lowest BCUT2D eigenvalue weighted by molar-refractivity contribution is 0.569. The molecule has 5 heterocycles. The standard InChI is InChI=1S/C96H76N4S2/c1-94(2,3)65-50-64(51-66(53-65)95(4,5)6)63-46-48-79-81(52-63)98-80-49-47-68(97-77-42-26-22-38-69(77)70-39-23-27-43-78(70)97)56-82(80)100(90-74(60-32-16-11-17-33-60)58-76-72-41-25-29-45-86(72)102-93(76)88(90)62-36-20-13-21-37-62)84-55-67(96(7,8)9)54-83(91(84)98)99(79)89-73(59-30-14-10-15-31-59)57-75-71-40-24-28-44-85(71)101-92(75)87(89)61-34-18-12-19-35-61/h10-58H,1-9H3/i22D,23D,26D,27D,38D,39D,42D,43D. The molecule has 0 spiro atoms. The largest absolute Gasteiger partial charge is 0.309 e. The molecule has 19 rings (SSSR count). The van der Waals surface area contributed by atoms with Crippen molar-refractivity contribution in [1.29, 1.82) is 0 Å². The summed E-state index contributed by atoms with van der Waals surface area (Å²) in [6.07, 6.45) is 0. The number of hydrogen-bond acceptors (Lipinski definition) is 5.